The van der Waals surface area contributed by atoms with E-state index in [1.54, 1.807) is 0 Å². The van der Waals surface area contributed by atoms with Crippen molar-refractivity contribution in [3.05, 3.63) is 53.1 Å². The van der Waals surface area contributed by atoms with Gasteiger partial charge in [-0.3, -0.25) is 14.2 Å². The third kappa shape index (κ3) is 3.28. The zero-order valence-corrected chi connectivity index (χ0v) is 12.2. The van der Waals surface area contributed by atoms with Crippen LogP contribution in [0, 0.1) is 0 Å². The molecule has 1 aromatic carbocycles. The molecule has 0 saturated carbocycles. The number of rotatable bonds is 3. The summed E-state index contributed by atoms with van der Waals surface area (Å²) in [5.74, 6) is -0.496. The van der Waals surface area contributed by atoms with Crippen molar-refractivity contribution < 1.29 is 13.6 Å². The first-order valence-corrected chi connectivity index (χ1v) is 7.22. The highest BCUT2D eigenvalue weighted by Gasteiger charge is 2.35. The fourth-order valence-electron chi connectivity index (χ4n) is 2.49. The van der Waals surface area contributed by atoms with Crippen LogP contribution < -0.4 is 5.56 Å². The standard InChI is InChI=1S/C16H15F2N3O2/c17-12-7-20(8-13(12)18)16(23)9-21-10-19-14(6-15(21)22)11-4-2-1-3-5-11/h1-6,10,12-13H,7-9H2/t12-,13+. The molecule has 23 heavy (non-hydrogen) atoms. The minimum atomic E-state index is -1.66. The fourth-order valence-corrected chi connectivity index (χ4v) is 2.49. The lowest BCUT2D eigenvalue weighted by Crippen LogP contribution is -2.35. The number of carbonyl (C=O) groups is 1. The van der Waals surface area contributed by atoms with Crippen LogP contribution in [0.2, 0.25) is 0 Å². The highest BCUT2D eigenvalue weighted by atomic mass is 19.2. The van der Waals surface area contributed by atoms with Crippen LogP contribution in [0.4, 0.5) is 8.78 Å². The maximum absolute atomic E-state index is 13.1. The Morgan fingerprint density at radius 2 is 1.83 bits per heavy atom. The Kier molecular flexibility index (Phi) is 4.18. The van der Waals surface area contributed by atoms with Gasteiger partial charge in [0, 0.05) is 11.6 Å². The van der Waals surface area contributed by atoms with Gasteiger partial charge in [0.1, 0.15) is 6.54 Å². The quantitative estimate of drug-likeness (QED) is 0.860. The molecule has 1 aromatic heterocycles. The lowest BCUT2D eigenvalue weighted by atomic mass is 10.1. The second kappa shape index (κ2) is 6.28. The Morgan fingerprint density at radius 3 is 2.43 bits per heavy atom. The van der Waals surface area contributed by atoms with E-state index < -0.39 is 18.3 Å². The molecule has 1 aliphatic heterocycles. The normalized spacial score (nSPS) is 20.7. The van der Waals surface area contributed by atoms with E-state index in [9.17, 15) is 18.4 Å². The van der Waals surface area contributed by atoms with Gasteiger partial charge in [0.05, 0.1) is 25.1 Å². The highest BCUT2D eigenvalue weighted by molar-refractivity contribution is 5.76. The summed E-state index contributed by atoms with van der Waals surface area (Å²) >= 11 is 0. The predicted molar refractivity (Wildman–Crippen MR) is 80.3 cm³/mol. The number of amides is 1. The number of likely N-dealkylation sites (tertiary alicyclic amines) is 1. The summed E-state index contributed by atoms with van der Waals surface area (Å²) < 4.78 is 27.4. The number of aromatic nitrogens is 2. The average molecular weight is 319 g/mol. The first kappa shape index (κ1) is 15.3. The van der Waals surface area contributed by atoms with Crippen LogP contribution in [0.25, 0.3) is 11.3 Å². The largest absolute Gasteiger partial charge is 0.335 e. The number of halogens is 2. The second-order valence-electron chi connectivity index (χ2n) is 5.44. The van der Waals surface area contributed by atoms with Crippen LogP contribution >= 0.6 is 0 Å². The van der Waals surface area contributed by atoms with Gasteiger partial charge in [0.15, 0.2) is 12.3 Å². The Balaban J connectivity index is 1.74. The maximum atomic E-state index is 13.1. The molecule has 1 fully saturated rings. The summed E-state index contributed by atoms with van der Waals surface area (Å²) in [5.41, 5.74) is 0.913. The molecule has 2 aromatic rings. The molecule has 0 bridgehead atoms. The minimum absolute atomic E-state index is 0.274. The van der Waals surface area contributed by atoms with Crippen molar-refractivity contribution in [3.63, 3.8) is 0 Å². The lowest BCUT2D eigenvalue weighted by Gasteiger charge is -2.15. The smallest absolute Gasteiger partial charge is 0.254 e. The average Bonchev–Trinajstić information content (AvgIpc) is 2.89. The van der Waals surface area contributed by atoms with Gasteiger partial charge < -0.3 is 4.90 Å². The summed E-state index contributed by atoms with van der Waals surface area (Å²) in [6.07, 6.45) is -2.04. The molecule has 0 N–H and O–H groups in total. The predicted octanol–water partition coefficient (Wildman–Crippen LogP) is 1.43. The number of carbonyl (C=O) groups excluding carboxylic acids is 1. The van der Waals surface area contributed by atoms with Crippen molar-refractivity contribution in [2.24, 2.45) is 0 Å². The van der Waals surface area contributed by atoms with Gasteiger partial charge in [0.25, 0.3) is 5.56 Å². The molecule has 2 atom stereocenters. The third-order valence-electron chi connectivity index (χ3n) is 3.79. The zero-order chi connectivity index (χ0) is 16.4. The SMILES string of the molecule is O=C(Cn1cnc(-c2ccccc2)cc1=O)N1C[C@@H](F)[C@@H](F)C1. The topological polar surface area (TPSA) is 55.2 Å². The molecule has 0 unspecified atom stereocenters. The first-order valence-electron chi connectivity index (χ1n) is 7.22. The molecule has 5 nitrogen and oxygen atoms in total. The van der Waals surface area contributed by atoms with E-state index in [2.05, 4.69) is 4.98 Å². The van der Waals surface area contributed by atoms with Crippen LogP contribution in [0.1, 0.15) is 0 Å². The van der Waals surface area contributed by atoms with E-state index in [4.69, 9.17) is 0 Å². The highest BCUT2D eigenvalue weighted by Crippen LogP contribution is 2.17. The molecule has 0 radical (unpaired) electrons. The van der Waals surface area contributed by atoms with Crippen LogP contribution in [0.5, 0.6) is 0 Å². The summed E-state index contributed by atoms with van der Waals surface area (Å²) in [6.45, 7) is -0.825. The van der Waals surface area contributed by atoms with Crippen molar-refractivity contribution >= 4 is 5.91 Å². The van der Waals surface area contributed by atoms with Gasteiger partial charge in [-0.2, -0.15) is 0 Å². The Hall–Kier alpha value is -2.57. The van der Waals surface area contributed by atoms with E-state index in [-0.39, 0.29) is 25.2 Å². The molecule has 3 rings (SSSR count). The summed E-state index contributed by atoms with van der Waals surface area (Å²) in [4.78, 5) is 29.4. The van der Waals surface area contributed by atoms with Crippen molar-refractivity contribution in [3.8, 4) is 11.3 Å². The molecule has 7 heteroatoms. The van der Waals surface area contributed by atoms with Gasteiger partial charge in [-0.1, -0.05) is 30.3 Å². The van der Waals surface area contributed by atoms with Crippen molar-refractivity contribution in [2.75, 3.05) is 13.1 Å². The van der Waals surface area contributed by atoms with Gasteiger partial charge in [0.2, 0.25) is 5.91 Å². The molecule has 1 saturated heterocycles. The summed E-state index contributed by atoms with van der Waals surface area (Å²) in [5, 5.41) is 0. The molecule has 1 amide bonds. The van der Waals surface area contributed by atoms with Crippen LogP contribution in [0.3, 0.4) is 0 Å². The van der Waals surface area contributed by atoms with E-state index in [1.807, 2.05) is 30.3 Å². The van der Waals surface area contributed by atoms with Crippen molar-refractivity contribution in [1.82, 2.24) is 14.5 Å². The van der Waals surface area contributed by atoms with Crippen molar-refractivity contribution in [1.29, 1.82) is 0 Å². The van der Waals surface area contributed by atoms with Crippen LogP contribution in [0.15, 0.2) is 47.5 Å². The zero-order valence-electron chi connectivity index (χ0n) is 12.2. The Labute approximate surface area is 131 Å². The van der Waals surface area contributed by atoms with Crippen molar-refractivity contribution in [2.45, 2.75) is 18.9 Å². The van der Waals surface area contributed by atoms with Crippen LogP contribution in [-0.4, -0.2) is 45.8 Å². The number of nitrogens with zero attached hydrogens (tertiary/aromatic N) is 3. The molecule has 120 valence electrons. The number of benzene rings is 1. The number of hydrogen-bond acceptors (Lipinski definition) is 3. The van der Waals surface area contributed by atoms with E-state index in [0.717, 1.165) is 15.0 Å². The third-order valence-corrected chi connectivity index (χ3v) is 3.79. The van der Waals surface area contributed by atoms with E-state index in [1.165, 1.54) is 12.4 Å². The van der Waals surface area contributed by atoms with E-state index >= 15 is 0 Å². The Bertz CT molecular complexity index is 753. The molecule has 0 aliphatic carbocycles. The number of hydrogen-bond donors (Lipinski definition) is 0. The molecular weight excluding hydrogens is 304 g/mol. The number of alkyl halides is 2. The minimum Gasteiger partial charge on any atom is -0.335 e. The van der Waals surface area contributed by atoms with Gasteiger partial charge in [-0.05, 0) is 0 Å². The summed E-state index contributed by atoms with van der Waals surface area (Å²) in [6, 6.07) is 10.5. The Morgan fingerprint density at radius 1 is 1.17 bits per heavy atom. The molecule has 2 heterocycles. The lowest BCUT2D eigenvalue weighted by molar-refractivity contribution is -0.131. The first-order chi connectivity index (χ1) is 11.0. The fraction of sp³-hybridized carbons (Fsp3) is 0.312. The van der Waals surface area contributed by atoms with E-state index in [0.29, 0.717) is 5.69 Å². The molecule has 0 spiro atoms. The monoisotopic (exact) mass is 319 g/mol. The van der Waals surface area contributed by atoms with Crippen LogP contribution in [-0.2, 0) is 11.3 Å². The maximum Gasteiger partial charge on any atom is 0.254 e. The van der Waals surface area contributed by atoms with Gasteiger partial charge in [-0.15, -0.1) is 0 Å². The molecule has 1 aliphatic rings. The van der Waals surface area contributed by atoms with Gasteiger partial charge in [-0.25, -0.2) is 13.8 Å². The molecular formula is C16H15F2N3O2. The van der Waals surface area contributed by atoms with Gasteiger partial charge >= 0.3 is 0 Å². The summed E-state index contributed by atoms with van der Waals surface area (Å²) in [7, 11) is 0. The second-order valence-corrected chi connectivity index (χ2v) is 5.44.